The maximum Gasteiger partial charge on any atom is 0.290 e. The molecule has 0 aliphatic carbocycles. The molecule has 9 heteroatoms. The fourth-order valence-electron chi connectivity index (χ4n) is 4.84. The molecule has 0 radical (unpaired) electrons. The van der Waals surface area contributed by atoms with Crippen LogP contribution in [-0.2, 0) is 9.53 Å². The van der Waals surface area contributed by atoms with E-state index in [9.17, 15) is 14.7 Å². The van der Waals surface area contributed by atoms with Crippen LogP contribution >= 0.6 is 11.6 Å². The molecule has 8 nitrogen and oxygen atoms in total. The molecule has 1 aromatic heterocycles. The fraction of sp³-hybridized carbons (Fsp3) is 0.333. The first-order valence-electron chi connectivity index (χ1n) is 11.9. The molecule has 0 spiro atoms. The Hall–Kier alpha value is -3.33. The molecule has 1 atom stereocenters. The molecule has 2 aliphatic heterocycles. The van der Waals surface area contributed by atoms with Gasteiger partial charge in [-0.3, -0.25) is 14.5 Å². The molecule has 0 unspecified atom stereocenters. The van der Waals surface area contributed by atoms with Crippen LogP contribution < -0.4 is 4.74 Å². The van der Waals surface area contributed by atoms with Crippen molar-refractivity contribution in [2.45, 2.75) is 12.5 Å². The van der Waals surface area contributed by atoms with Crippen molar-refractivity contribution in [1.29, 1.82) is 0 Å². The number of hydrogen-bond donors (Lipinski definition) is 1. The van der Waals surface area contributed by atoms with Gasteiger partial charge in [-0.15, -0.1) is 0 Å². The van der Waals surface area contributed by atoms with Crippen molar-refractivity contribution in [2.75, 3.05) is 46.5 Å². The second-order valence-corrected chi connectivity index (χ2v) is 9.28. The summed E-state index contributed by atoms with van der Waals surface area (Å²) in [6.07, 6.45) is 0.687. The maximum absolute atomic E-state index is 13.7. The van der Waals surface area contributed by atoms with Crippen molar-refractivity contribution < 1.29 is 28.6 Å². The number of fused-ring (bicyclic) bond motifs is 1. The summed E-state index contributed by atoms with van der Waals surface area (Å²) in [5.41, 5.74) is 1.10. The molecule has 0 bridgehead atoms. The van der Waals surface area contributed by atoms with Crippen molar-refractivity contribution in [2.24, 2.45) is 0 Å². The minimum absolute atomic E-state index is 0.00767. The fourth-order valence-corrected chi connectivity index (χ4v) is 4.96. The van der Waals surface area contributed by atoms with Gasteiger partial charge in [-0.05, 0) is 36.2 Å². The van der Waals surface area contributed by atoms with E-state index in [-0.39, 0.29) is 11.3 Å². The molecule has 1 fully saturated rings. The summed E-state index contributed by atoms with van der Waals surface area (Å²) in [6.45, 7) is 4.24. The van der Waals surface area contributed by atoms with Gasteiger partial charge in [0.2, 0.25) is 5.78 Å². The van der Waals surface area contributed by atoms with Crippen LogP contribution in [-0.4, -0.2) is 73.1 Å². The number of ether oxygens (including phenoxy) is 2. The van der Waals surface area contributed by atoms with E-state index in [2.05, 4.69) is 4.90 Å². The molecule has 1 amide bonds. The number of amides is 1. The van der Waals surface area contributed by atoms with E-state index in [1.165, 1.54) is 7.11 Å². The van der Waals surface area contributed by atoms with Gasteiger partial charge in [0.15, 0.2) is 22.9 Å². The van der Waals surface area contributed by atoms with Crippen LogP contribution in [0, 0.1) is 0 Å². The average Bonchev–Trinajstić information content (AvgIpc) is 3.44. The van der Waals surface area contributed by atoms with Gasteiger partial charge in [0.05, 0.1) is 31.9 Å². The van der Waals surface area contributed by atoms with Crippen LogP contribution in [0.15, 0.2) is 64.3 Å². The number of halogens is 1. The van der Waals surface area contributed by atoms with Gasteiger partial charge < -0.3 is 23.9 Å². The summed E-state index contributed by atoms with van der Waals surface area (Å²) in [7, 11) is 1.52. The standard InChI is InChI=1S/C27H27ClN2O6/c1-34-20-5-2-4-18-16-21(36-26(18)20)24(31)22-23(17-6-8-19(28)9-7-17)30(27(33)25(22)32)11-3-10-29-12-14-35-15-13-29/h2,4-9,16,23,32H,3,10-15H2,1H3/t23-/m1/s1. The number of aliphatic hydroxyl groups excluding tert-OH is 1. The molecular formula is C27H27ClN2O6. The molecule has 0 saturated carbocycles. The highest BCUT2D eigenvalue weighted by Crippen LogP contribution is 2.40. The smallest absolute Gasteiger partial charge is 0.290 e. The van der Waals surface area contributed by atoms with Gasteiger partial charge in [-0.2, -0.15) is 0 Å². The Morgan fingerprint density at radius 3 is 2.61 bits per heavy atom. The number of para-hydroxylation sites is 1. The first-order valence-corrected chi connectivity index (χ1v) is 12.3. The first kappa shape index (κ1) is 24.4. The number of Topliss-reactive ketones (excluding diaryl/α,β-unsaturated/α-hetero) is 1. The monoisotopic (exact) mass is 510 g/mol. The highest BCUT2D eigenvalue weighted by atomic mass is 35.5. The Labute approximate surface area is 213 Å². The van der Waals surface area contributed by atoms with E-state index >= 15 is 0 Å². The van der Waals surface area contributed by atoms with E-state index in [0.717, 1.165) is 19.6 Å². The Morgan fingerprint density at radius 2 is 1.89 bits per heavy atom. The molecule has 1 N–H and O–H groups in total. The molecule has 2 aromatic carbocycles. The molecule has 2 aliphatic rings. The van der Waals surface area contributed by atoms with E-state index in [4.69, 9.17) is 25.5 Å². The number of carbonyl (C=O) groups excluding carboxylic acids is 2. The van der Waals surface area contributed by atoms with E-state index in [0.29, 0.717) is 53.5 Å². The summed E-state index contributed by atoms with van der Waals surface area (Å²) in [4.78, 5) is 30.8. The summed E-state index contributed by atoms with van der Waals surface area (Å²) in [5, 5.41) is 12.1. The highest BCUT2D eigenvalue weighted by Gasteiger charge is 2.44. The molecule has 3 aromatic rings. The van der Waals surface area contributed by atoms with Crippen LogP contribution in [0.1, 0.15) is 28.6 Å². The summed E-state index contributed by atoms with van der Waals surface area (Å²) in [6, 6.07) is 13.1. The van der Waals surface area contributed by atoms with E-state index < -0.39 is 23.5 Å². The molecule has 188 valence electrons. The van der Waals surface area contributed by atoms with Gasteiger partial charge >= 0.3 is 0 Å². The zero-order chi connectivity index (χ0) is 25.2. The van der Waals surface area contributed by atoms with Crippen molar-refractivity contribution in [3.05, 3.63) is 76.2 Å². The lowest BCUT2D eigenvalue weighted by atomic mass is 9.95. The van der Waals surface area contributed by atoms with Crippen molar-refractivity contribution in [1.82, 2.24) is 9.80 Å². The Kier molecular flexibility index (Phi) is 7.00. The lowest BCUT2D eigenvalue weighted by Gasteiger charge is -2.30. The third-order valence-corrected chi connectivity index (χ3v) is 6.91. The minimum Gasteiger partial charge on any atom is -0.503 e. The predicted molar refractivity (Wildman–Crippen MR) is 135 cm³/mol. The molecule has 5 rings (SSSR count). The molecule has 3 heterocycles. The number of methoxy groups -OCH3 is 1. The molecule has 1 saturated heterocycles. The van der Waals surface area contributed by atoms with Crippen LogP contribution in [0.2, 0.25) is 5.02 Å². The van der Waals surface area contributed by atoms with Gasteiger partial charge in [0.25, 0.3) is 5.91 Å². The third kappa shape index (κ3) is 4.59. The van der Waals surface area contributed by atoms with Crippen molar-refractivity contribution in [3.63, 3.8) is 0 Å². The normalized spacial score (nSPS) is 18.9. The predicted octanol–water partition coefficient (Wildman–Crippen LogP) is 4.40. The third-order valence-electron chi connectivity index (χ3n) is 6.66. The summed E-state index contributed by atoms with van der Waals surface area (Å²) < 4.78 is 16.6. The van der Waals surface area contributed by atoms with Gasteiger partial charge in [0.1, 0.15) is 0 Å². The lowest BCUT2D eigenvalue weighted by molar-refractivity contribution is -0.129. The lowest BCUT2D eigenvalue weighted by Crippen LogP contribution is -2.39. The van der Waals surface area contributed by atoms with Gasteiger partial charge in [-0.25, -0.2) is 0 Å². The summed E-state index contributed by atoms with van der Waals surface area (Å²) in [5.74, 6) is -1.16. The summed E-state index contributed by atoms with van der Waals surface area (Å²) >= 11 is 6.10. The van der Waals surface area contributed by atoms with Gasteiger partial charge in [0, 0.05) is 36.6 Å². The highest BCUT2D eigenvalue weighted by molar-refractivity contribution is 6.30. The van der Waals surface area contributed by atoms with E-state index in [1.807, 2.05) is 0 Å². The number of nitrogens with zero attached hydrogens (tertiary/aromatic N) is 2. The number of rotatable bonds is 8. The second kappa shape index (κ2) is 10.3. The van der Waals surface area contributed by atoms with Gasteiger partial charge in [-0.1, -0.05) is 35.9 Å². The molecule has 36 heavy (non-hydrogen) atoms. The number of benzene rings is 2. The maximum atomic E-state index is 13.7. The zero-order valence-electron chi connectivity index (χ0n) is 19.9. The first-order chi connectivity index (χ1) is 17.5. The minimum atomic E-state index is -0.762. The number of hydrogen-bond acceptors (Lipinski definition) is 7. The van der Waals surface area contributed by atoms with Crippen LogP contribution in [0.3, 0.4) is 0 Å². The Balaban J connectivity index is 1.46. The zero-order valence-corrected chi connectivity index (χ0v) is 20.7. The quantitative estimate of drug-likeness (QED) is 0.449. The largest absolute Gasteiger partial charge is 0.503 e. The topological polar surface area (TPSA) is 92.5 Å². The Morgan fingerprint density at radius 1 is 1.14 bits per heavy atom. The SMILES string of the molecule is COc1cccc2cc(C(=O)C3=C(O)C(=O)N(CCCN4CCOCC4)[C@@H]3c3ccc(Cl)cc3)oc12. The number of aliphatic hydroxyl groups is 1. The number of carbonyl (C=O) groups is 2. The second-order valence-electron chi connectivity index (χ2n) is 8.84. The van der Waals surface area contributed by atoms with Crippen molar-refractivity contribution >= 4 is 34.3 Å². The Bertz CT molecular complexity index is 1310. The number of morpholine rings is 1. The van der Waals surface area contributed by atoms with Crippen molar-refractivity contribution in [3.8, 4) is 5.75 Å². The van der Waals surface area contributed by atoms with E-state index in [1.54, 1.807) is 53.4 Å². The van der Waals surface area contributed by atoms with Crippen LogP contribution in [0.4, 0.5) is 0 Å². The van der Waals surface area contributed by atoms with Crippen LogP contribution in [0.25, 0.3) is 11.0 Å². The molecular weight excluding hydrogens is 484 g/mol. The number of ketones is 1. The van der Waals surface area contributed by atoms with Crippen LogP contribution in [0.5, 0.6) is 5.75 Å². The number of furan rings is 1. The average molecular weight is 511 g/mol.